The van der Waals surface area contributed by atoms with Crippen LogP contribution < -0.4 is 5.32 Å². The average molecular weight is 312 g/mol. The first-order valence-corrected chi connectivity index (χ1v) is 6.00. The number of halogens is 2. The highest BCUT2D eigenvalue weighted by Crippen LogP contribution is 2.21. The normalized spacial score (nSPS) is 10.0. The number of carbonyl (C=O) groups excluding carboxylic acids is 1. The lowest BCUT2D eigenvalue weighted by Gasteiger charge is -2.06. The summed E-state index contributed by atoms with van der Waals surface area (Å²) in [7, 11) is 0. The van der Waals surface area contributed by atoms with Gasteiger partial charge in [0, 0.05) is 23.0 Å². The van der Waals surface area contributed by atoms with Crippen molar-refractivity contribution in [3.8, 4) is 0 Å². The minimum atomic E-state index is -0.209. The van der Waals surface area contributed by atoms with Crippen LogP contribution >= 0.6 is 27.5 Å². The van der Waals surface area contributed by atoms with Crippen molar-refractivity contribution in [3.63, 3.8) is 0 Å². The SMILES string of the molecule is O=C(Nc1ccncc1Br)c1cccc(Cl)c1. The highest BCUT2D eigenvalue weighted by atomic mass is 79.9. The zero-order valence-electron chi connectivity index (χ0n) is 8.65. The molecule has 0 atom stereocenters. The molecule has 0 aliphatic heterocycles. The van der Waals surface area contributed by atoms with E-state index in [1.807, 2.05) is 0 Å². The molecule has 5 heteroatoms. The Morgan fingerprint density at radius 3 is 2.88 bits per heavy atom. The van der Waals surface area contributed by atoms with Crippen LogP contribution in [0.15, 0.2) is 47.2 Å². The van der Waals surface area contributed by atoms with Gasteiger partial charge in [-0.05, 0) is 40.2 Å². The van der Waals surface area contributed by atoms with Crippen LogP contribution in [0.2, 0.25) is 5.02 Å². The minimum absolute atomic E-state index is 0.209. The summed E-state index contributed by atoms with van der Waals surface area (Å²) < 4.78 is 0.732. The van der Waals surface area contributed by atoms with Crippen molar-refractivity contribution in [1.82, 2.24) is 4.98 Å². The fraction of sp³-hybridized carbons (Fsp3) is 0. The van der Waals surface area contributed by atoms with Crippen molar-refractivity contribution in [1.29, 1.82) is 0 Å². The quantitative estimate of drug-likeness (QED) is 0.918. The fourth-order valence-corrected chi connectivity index (χ4v) is 1.84. The predicted octanol–water partition coefficient (Wildman–Crippen LogP) is 3.75. The molecule has 1 N–H and O–H groups in total. The number of hydrogen-bond donors (Lipinski definition) is 1. The summed E-state index contributed by atoms with van der Waals surface area (Å²) in [5.74, 6) is -0.209. The van der Waals surface area contributed by atoms with Gasteiger partial charge in [-0.15, -0.1) is 0 Å². The molecule has 0 saturated heterocycles. The van der Waals surface area contributed by atoms with Gasteiger partial charge in [0.05, 0.1) is 10.2 Å². The molecule has 0 saturated carbocycles. The summed E-state index contributed by atoms with van der Waals surface area (Å²) >= 11 is 9.13. The molecule has 2 rings (SSSR count). The van der Waals surface area contributed by atoms with Crippen LogP contribution in [0.5, 0.6) is 0 Å². The number of amides is 1. The van der Waals surface area contributed by atoms with Crippen molar-refractivity contribution in [2.45, 2.75) is 0 Å². The van der Waals surface area contributed by atoms with Gasteiger partial charge in [0.1, 0.15) is 0 Å². The maximum Gasteiger partial charge on any atom is 0.255 e. The summed E-state index contributed by atoms with van der Waals surface area (Å²) in [4.78, 5) is 15.8. The van der Waals surface area contributed by atoms with Crippen LogP contribution in [-0.4, -0.2) is 10.9 Å². The highest BCUT2D eigenvalue weighted by molar-refractivity contribution is 9.10. The largest absolute Gasteiger partial charge is 0.321 e. The summed E-state index contributed by atoms with van der Waals surface area (Å²) in [6, 6.07) is 8.49. The molecule has 0 aliphatic rings. The van der Waals surface area contributed by atoms with E-state index in [1.54, 1.807) is 42.7 Å². The number of nitrogens with one attached hydrogen (secondary N) is 1. The molecule has 0 radical (unpaired) electrons. The fourth-order valence-electron chi connectivity index (χ4n) is 1.30. The molecule has 0 fully saturated rings. The lowest BCUT2D eigenvalue weighted by Crippen LogP contribution is -2.12. The molecule has 0 bridgehead atoms. The Morgan fingerprint density at radius 2 is 2.18 bits per heavy atom. The van der Waals surface area contributed by atoms with Gasteiger partial charge in [0.15, 0.2) is 0 Å². The second kappa shape index (κ2) is 5.29. The van der Waals surface area contributed by atoms with Crippen LogP contribution in [0, 0.1) is 0 Å². The van der Waals surface area contributed by atoms with E-state index in [9.17, 15) is 4.79 Å². The standard InChI is InChI=1S/C12H8BrClN2O/c13-10-7-15-5-4-11(10)16-12(17)8-2-1-3-9(14)6-8/h1-7H,(H,15,16,17). The third-order valence-corrected chi connectivity index (χ3v) is 2.97. The van der Waals surface area contributed by atoms with E-state index in [2.05, 4.69) is 26.2 Å². The monoisotopic (exact) mass is 310 g/mol. The maximum absolute atomic E-state index is 11.9. The van der Waals surface area contributed by atoms with E-state index in [0.717, 1.165) is 4.47 Å². The predicted molar refractivity (Wildman–Crippen MR) is 71.3 cm³/mol. The van der Waals surface area contributed by atoms with Crippen molar-refractivity contribution in [2.24, 2.45) is 0 Å². The van der Waals surface area contributed by atoms with E-state index < -0.39 is 0 Å². The molecule has 17 heavy (non-hydrogen) atoms. The Labute approximate surface area is 112 Å². The van der Waals surface area contributed by atoms with Crippen LogP contribution in [0.25, 0.3) is 0 Å². The number of anilines is 1. The second-order valence-electron chi connectivity index (χ2n) is 3.32. The van der Waals surface area contributed by atoms with Gasteiger partial charge < -0.3 is 5.32 Å². The summed E-state index contributed by atoms with van der Waals surface area (Å²) in [5, 5.41) is 3.30. The van der Waals surface area contributed by atoms with Crippen molar-refractivity contribution >= 4 is 39.1 Å². The number of nitrogens with zero attached hydrogens (tertiary/aromatic N) is 1. The van der Waals surface area contributed by atoms with Gasteiger partial charge in [0.2, 0.25) is 0 Å². The first-order chi connectivity index (χ1) is 8.16. The molecule has 3 nitrogen and oxygen atoms in total. The molecule has 2 aromatic rings. The van der Waals surface area contributed by atoms with Crippen LogP contribution in [-0.2, 0) is 0 Å². The molecule has 1 aromatic carbocycles. The number of aromatic nitrogens is 1. The van der Waals surface area contributed by atoms with E-state index in [1.165, 1.54) is 0 Å². The molecule has 0 aliphatic carbocycles. The van der Waals surface area contributed by atoms with Gasteiger partial charge >= 0.3 is 0 Å². The Morgan fingerprint density at radius 1 is 1.35 bits per heavy atom. The molecule has 1 aromatic heterocycles. The molecule has 86 valence electrons. The van der Waals surface area contributed by atoms with Crippen LogP contribution in [0.4, 0.5) is 5.69 Å². The average Bonchev–Trinajstić information content (AvgIpc) is 2.32. The molecule has 0 spiro atoms. The lowest BCUT2D eigenvalue weighted by molar-refractivity contribution is 0.102. The van der Waals surface area contributed by atoms with Crippen molar-refractivity contribution in [3.05, 3.63) is 57.8 Å². The van der Waals surface area contributed by atoms with Crippen molar-refractivity contribution in [2.75, 3.05) is 5.32 Å². The zero-order valence-corrected chi connectivity index (χ0v) is 11.0. The number of hydrogen-bond acceptors (Lipinski definition) is 2. The van der Waals surface area contributed by atoms with Gasteiger partial charge in [-0.1, -0.05) is 17.7 Å². The van der Waals surface area contributed by atoms with E-state index in [4.69, 9.17) is 11.6 Å². The van der Waals surface area contributed by atoms with E-state index >= 15 is 0 Å². The number of pyridine rings is 1. The van der Waals surface area contributed by atoms with E-state index in [-0.39, 0.29) is 5.91 Å². The highest BCUT2D eigenvalue weighted by Gasteiger charge is 2.08. The maximum atomic E-state index is 11.9. The van der Waals surface area contributed by atoms with Gasteiger partial charge in [-0.25, -0.2) is 0 Å². The number of benzene rings is 1. The Hall–Kier alpha value is -1.39. The van der Waals surface area contributed by atoms with Crippen LogP contribution in [0.1, 0.15) is 10.4 Å². The lowest BCUT2D eigenvalue weighted by atomic mass is 10.2. The van der Waals surface area contributed by atoms with Gasteiger partial charge in [-0.2, -0.15) is 0 Å². The minimum Gasteiger partial charge on any atom is -0.321 e. The topological polar surface area (TPSA) is 42.0 Å². The van der Waals surface area contributed by atoms with Crippen molar-refractivity contribution < 1.29 is 4.79 Å². The summed E-state index contributed by atoms with van der Waals surface area (Å²) in [5.41, 5.74) is 1.19. The van der Waals surface area contributed by atoms with Gasteiger partial charge in [0.25, 0.3) is 5.91 Å². The first kappa shape index (κ1) is 12.1. The molecule has 0 unspecified atom stereocenters. The number of carbonyl (C=O) groups is 1. The number of rotatable bonds is 2. The third kappa shape index (κ3) is 3.05. The second-order valence-corrected chi connectivity index (χ2v) is 4.61. The van der Waals surface area contributed by atoms with Crippen LogP contribution in [0.3, 0.4) is 0 Å². The smallest absolute Gasteiger partial charge is 0.255 e. The Kier molecular flexibility index (Phi) is 3.76. The molecule has 1 heterocycles. The molecular formula is C12H8BrClN2O. The molecular weight excluding hydrogens is 304 g/mol. The third-order valence-electron chi connectivity index (χ3n) is 2.11. The Bertz CT molecular complexity index is 560. The Balaban J connectivity index is 2.20. The van der Waals surface area contributed by atoms with E-state index in [0.29, 0.717) is 16.3 Å². The summed E-state index contributed by atoms with van der Waals surface area (Å²) in [6.45, 7) is 0. The van der Waals surface area contributed by atoms with Gasteiger partial charge in [-0.3, -0.25) is 9.78 Å². The summed E-state index contributed by atoms with van der Waals surface area (Å²) in [6.07, 6.45) is 3.23. The molecule has 1 amide bonds. The zero-order chi connectivity index (χ0) is 12.3. The first-order valence-electron chi connectivity index (χ1n) is 4.83.